The van der Waals surface area contributed by atoms with Crippen molar-refractivity contribution >= 4 is 11.9 Å². The average Bonchev–Trinajstić information content (AvgIpc) is 2.54. The first-order chi connectivity index (χ1) is 10.6. The molecular weight excluding hydrogens is 280 g/mol. The molecule has 1 amide bonds. The number of rotatable bonds is 6. The van der Waals surface area contributed by atoms with Crippen molar-refractivity contribution in [2.75, 3.05) is 25.4 Å². The Balaban J connectivity index is 2.07. The van der Waals surface area contributed by atoms with Crippen LogP contribution in [-0.4, -0.2) is 40.5 Å². The third-order valence-electron chi connectivity index (χ3n) is 3.21. The van der Waals surface area contributed by atoms with Crippen molar-refractivity contribution in [3.8, 4) is 17.0 Å². The van der Waals surface area contributed by atoms with Crippen LogP contribution in [-0.2, 0) is 4.79 Å². The molecule has 2 aromatic rings. The molecule has 6 heteroatoms. The van der Waals surface area contributed by atoms with E-state index in [1.807, 2.05) is 19.9 Å². The number of nitrogens with zero attached hydrogens (tertiary/aromatic N) is 3. The fourth-order valence-electron chi connectivity index (χ4n) is 2.03. The van der Waals surface area contributed by atoms with Crippen LogP contribution >= 0.6 is 0 Å². The highest BCUT2D eigenvalue weighted by Gasteiger charge is 2.10. The van der Waals surface area contributed by atoms with Gasteiger partial charge in [-0.2, -0.15) is 0 Å². The predicted molar refractivity (Wildman–Crippen MR) is 84.1 cm³/mol. The number of hydrogen-bond acceptors (Lipinski definition) is 5. The second-order valence-electron chi connectivity index (χ2n) is 4.60. The molecule has 22 heavy (non-hydrogen) atoms. The van der Waals surface area contributed by atoms with E-state index in [9.17, 15) is 4.79 Å². The van der Waals surface area contributed by atoms with Gasteiger partial charge in [0.2, 0.25) is 5.95 Å². The van der Waals surface area contributed by atoms with Gasteiger partial charge in [0.15, 0.2) is 6.61 Å². The van der Waals surface area contributed by atoms with E-state index < -0.39 is 0 Å². The molecule has 1 aromatic heterocycles. The molecule has 0 unspecified atom stereocenters. The van der Waals surface area contributed by atoms with Gasteiger partial charge in [-0.05, 0) is 32.0 Å². The highest BCUT2D eigenvalue weighted by molar-refractivity contribution is 5.77. The molecule has 2 N–H and O–H groups in total. The number of nitrogen functional groups attached to an aromatic ring is 1. The number of carbonyl (C=O) groups is 1. The Labute approximate surface area is 129 Å². The lowest BCUT2D eigenvalue weighted by atomic mass is 10.1. The van der Waals surface area contributed by atoms with Crippen LogP contribution in [0.5, 0.6) is 5.75 Å². The van der Waals surface area contributed by atoms with Gasteiger partial charge in [-0.25, -0.2) is 9.97 Å². The summed E-state index contributed by atoms with van der Waals surface area (Å²) >= 11 is 0. The van der Waals surface area contributed by atoms with Gasteiger partial charge < -0.3 is 15.4 Å². The van der Waals surface area contributed by atoms with Crippen LogP contribution < -0.4 is 10.5 Å². The first-order valence-electron chi connectivity index (χ1n) is 7.15. The smallest absolute Gasteiger partial charge is 0.260 e. The van der Waals surface area contributed by atoms with Gasteiger partial charge in [-0.15, -0.1) is 0 Å². The van der Waals surface area contributed by atoms with Crippen LogP contribution in [0, 0.1) is 6.07 Å². The first-order valence-corrected chi connectivity index (χ1v) is 7.15. The van der Waals surface area contributed by atoms with Crippen molar-refractivity contribution < 1.29 is 9.53 Å². The van der Waals surface area contributed by atoms with Crippen LogP contribution in [0.4, 0.5) is 5.95 Å². The average molecular weight is 299 g/mol. The Kier molecular flexibility index (Phi) is 5.30. The molecule has 0 bridgehead atoms. The van der Waals surface area contributed by atoms with E-state index in [1.54, 1.807) is 29.3 Å². The number of amides is 1. The molecule has 0 aliphatic rings. The molecule has 2 rings (SSSR count). The number of anilines is 1. The van der Waals surface area contributed by atoms with E-state index in [2.05, 4.69) is 16.0 Å². The van der Waals surface area contributed by atoms with Crippen molar-refractivity contribution in [3.05, 3.63) is 36.5 Å². The summed E-state index contributed by atoms with van der Waals surface area (Å²) in [6.45, 7) is 5.21. The van der Waals surface area contributed by atoms with E-state index in [-0.39, 0.29) is 18.5 Å². The predicted octanol–water partition coefficient (Wildman–Crippen LogP) is 1.77. The summed E-state index contributed by atoms with van der Waals surface area (Å²) in [6.07, 6.45) is 1.60. The minimum Gasteiger partial charge on any atom is -0.483 e. The van der Waals surface area contributed by atoms with Gasteiger partial charge in [-0.1, -0.05) is 6.07 Å². The maximum atomic E-state index is 11.9. The largest absolute Gasteiger partial charge is 0.483 e. The molecule has 0 aliphatic carbocycles. The van der Waals surface area contributed by atoms with Gasteiger partial charge in [0, 0.05) is 30.9 Å². The summed E-state index contributed by atoms with van der Waals surface area (Å²) in [5.74, 6) is 0.662. The summed E-state index contributed by atoms with van der Waals surface area (Å²) in [7, 11) is 0. The fourth-order valence-corrected chi connectivity index (χ4v) is 2.03. The Morgan fingerprint density at radius 2 is 2.14 bits per heavy atom. The zero-order valence-electron chi connectivity index (χ0n) is 12.7. The van der Waals surface area contributed by atoms with E-state index in [4.69, 9.17) is 10.5 Å². The molecule has 1 heterocycles. The Bertz CT molecular complexity index is 642. The highest BCUT2D eigenvalue weighted by Crippen LogP contribution is 2.22. The molecule has 1 aromatic carbocycles. The Hall–Kier alpha value is -2.63. The van der Waals surface area contributed by atoms with Crippen molar-refractivity contribution in [3.63, 3.8) is 0 Å². The number of carbonyl (C=O) groups excluding carboxylic acids is 1. The molecule has 0 saturated heterocycles. The minimum absolute atomic E-state index is 0.00640. The zero-order valence-corrected chi connectivity index (χ0v) is 12.7. The minimum atomic E-state index is -0.0462. The Morgan fingerprint density at radius 3 is 2.82 bits per heavy atom. The number of ether oxygens (including phenoxy) is 1. The van der Waals surface area contributed by atoms with Gasteiger partial charge in [0.1, 0.15) is 5.75 Å². The van der Waals surface area contributed by atoms with E-state index in [0.29, 0.717) is 24.5 Å². The number of likely N-dealkylation sites (N-methyl/N-ethyl adjacent to an activating group) is 1. The lowest BCUT2D eigenvalue weighted by Gasteiger charge is -2.18. The van der Waals surface area contributed by atoms with Crippen LogP contribution in [0.3, 0.4) is 0 Å². The second-order valence-corrected chi connectivity index (χ2v) is 4.60. The van der Waals surface area contributed by atoms with E-state index >= 15 is 0 Å². The van der Waals surface area contributed by atoms with Crippen molar-refractivity contribution in [1.29, 1.82) is 0 Å². The Morgan fingerprint density at radius 1 is 1.36 bits per heavy atom. The zero-order chi connectivity index (χ0) is 15.9. The third-order valence-corrected chi connectivity index (χ3v) is 3.21. The molecule has 0 spiro atoms. The quantitative estimate of drug-likeness (QED) is 0.879. The maximum absolute atomic E-state index is 11.9. The highest BCUT2D eigenvalue weighted by atomic mass is 16.5. The number of hydrogen-bond donors (Lipinski definition) is 1. The summed E-state index contributed by atoms with van der Waals surface area (Å²) in [5, 5.41) is 0. The summed E-state index contributed by atoms with van der Waals surface area (Å²) in [4.78, 5) is 21.7. The molecular formula is C16H19N4O2. The van der Waals surface area contributed by atoms with Gasteiger partial charge in [0.25, 0.3) is 5.91 Å². The van der Waals surface area contributed by atoms with Gasteiger partial charge in [0.05, 0.1) is 5.69 Å². The maximum Gasteiger partial charge on any atom is 0.260 e. The summed E-state index contributed by atoms with van der Waals surface area (Å²) < 4.78 is 5.52. The molecule has 6 nitrogen and oxygen atoms in total. The normalized spacial score (nSPS) is 10.3. The number of nitrogens with two attached hydrogens (primary N) is 1. The van der Waals surface area contributed by atoms with Crippen LogP contribution in [0.2, 0.25) is 0 Å². The van der Waals surface area contributed by atoms with E-state index in [0.717, 1.165) is 5.56 Å². The SMILES string of the molecule is CCN(CC)C(=O)COc1[c]ccc(-c2ccnc(N)n2)c1. The molecule has 0 fully saturated rings. The van der Waals surface area contributed by atoms with E-state index in [1.165, 1.54) is 0 Å². The van der Waals surface area contributed by atoms with Crippen molar-refractivity contribution in [2.45, 2.75) is 13.8 Å². The van der Waals surface area contributed by atoms with Crippen LogP contribution in [0.1, 0.15) is 13.8 Å². The molecule has 115 valence electrons. The lowest BCUT2D eigenvalue weighted by molar-refractivity contribution is -0.132. The van der Waals surface area contributed by atoms with Crippen LogP contribution in [0.15, 0.2) is 30.5 Å². The third kappa shape index (κ3) is 3.94. The molecule has 0 atom stereocenters. The second kappa shape index (κ2) is 7.40. The van der Waals surface area contributed by atoms with Crippen molar-refractivity contribution in [1.82, 2.24) is 14.9 Å². The summed E-state index contributed by atoms with van der Waals surface area (Å²) in [6, 6.07) is 10.1. The molecule has 1 radical (unpaired) electrons. The first kappa shape index (κ1) is 15.8. The van der Waals surface area contributed by atoms with Gasteiger partial charge >= 0.3 is 0 Å². The standard InChI is InChI=1S/C16H19N4O2/c1-3-20(4-2)15(21)11-22-13-7-5-6-12(10-13)14-8-9-18-16(17)19-14/h5-6,8-10H,3-4,11H2,1-2H3,(H2,17,18,19). The summed E-state index contributed by atoms with van der Waals surface area (Å²) in [5.41, 5.74) is 7.11. The van der Waals surface area contributed by atoms with Crippen molar-refractivity contribution in [2.24, 2.45) is 0 Å². The fraction of sp³-hybridized carbons (Fsp3) is 0.312. The van der Waals surface area contributed by atoms with Gasteiger partial charge in [-0.3, -0.25) is 4.79 Å². The number of aromatic nitrogens is 2. The van der Waals surface area contributed by atoms with Crippen LogP contribution in [0.25, 0.3) is 11.3 Å². The monoisotopic (exact) mass is 299 g/mol. The number of benzene rings is 1. The lowest BCUT2D eigenvalue weighted by Crippen LogP contribution is -2.34. The molecule has 0 saturated carbocycles. The molecule has 0 aliphatic heterocycles. The topological polar surface area (TPSA) is 81.3 Å².